The number of ether oxygens (including phenoxy) is 1. The van der Waals surface area contributed by atoms with Crippen LogP contribution in [0.2, 0.25) is 0 Å². The number of thiophene rings is 1. The highest BCUT2D eigenvalue weighted by Gasteiger charge is 2.26. The topological polar surface area (TPSA) is 29.5 Å². The van der Waals surface area contributed by atoms with Gasteiger partial charge in [0.1, 0.15) is 6.10 Å². The van der Waals surface area contributed by atoms with E-state index in [9.17, 15) is 4.79 Å². The number of unbranched alkanes of at least 4 members (excludes halogenated alkanes) is 1. The molecule has 1 aliphatic heterocycles. The molecule has 1 atom stereocenters. The van der Waals surface area contributed by atoms with Crippen LogP contribution < -0.4 is 0 Å². The highest BCUT2D eigenvalue weighted by atomic mass is 32.1. The number of hydrogen-bond donors (Lipinski definition) is 0. The Morgan fingerprint density at radius 3 is 2.90 bits per heavy atom. The van der Waals surface area contributed by atoms with Crippen molar-refractivity contribution in [3.05, 3.63) is 21.9 Å². The quantitative estimate of drug-likeness (QED) is 0.800. The third-order valence-electron chi connectivity index (χ3n) is 3.69. The van der Waals surface area contributed by atoms with E-state index in [1.165, 1.54) is 9.75 Å². The molecule has 1 saturated heterocycles. The molecule has 0 bridgehead atoms. The number of carbonyl (C=O) groups excluding carboxylic acids is 1. The Morgan fingerprint density at radius 2 is 2.30 bits per heavy atom. The van der Waals surface area contributed by atoms with Gasteiger partial charge in [0.2, 0.25) is 0 Å². The summed E-state index contributed by atoms with van der Waals surface area (Å²) in [4.78, 5) is 17.2. The van der Waals surface area contributed by atoms with E-state index in [4.69, 9.17) is 4.74 Å². The Hall–Kier alpha value is -0.870. The van der Waals surface area contributed by atoms with Crippen molar-refractivity contribution in [2.75, 3.05) is 13.2 Å². The molecule has 112 valence electrons. The first kappa shape index (κ1) is 15.5. The molecule has 2 heterocycles. The van der Waals surface area contributed by atoms with E-state index in [1.807, 2.05) is 4.90 Å². The molecule has 20 heavy (non-hydrogen) atoms. The van der Waals surface area contributed by atoms with Crippen molar-refractivity contribution in [1.29, 1.82) is 0 Å². The van der Waals surface area contributed by atoms with Crippen LogP contribution in [0, 0.1) is 6.92 Å². The predicted molar refractivity (Wildman–Crippen MR) is 83.0 cm³/mol. The maximum Gasteiger partial charge on any atom is 0.252 e. The van der Waals surface area contributed by atoms with E-state index in [0.717, 1.165) is 51.8 Å². The lowest BCUT2D eigenvalue weighted by Gasteiger charge is -2.29. The lowest BCUT2D eigenvalue weighted by Crippen LogP contribution is -2.41. The Balaban J connectivity index is 1.99. The lowest BCUT2D eigenvalue weighted by atomic mass is 10.1. The van der Waals surface area contributed by atoms with Gasteiger partial charge >= 0.3 is 0 Å². The summed E-state index contributed by atoms with van der Waals surface area (Å²) in [5, 5.41) is 0. The zero-order chi connectivity index (χ0) is 14.4. The van der Waals surface area contributed by atoms with Crippen molar-refractivity contribution in [3.8, 4) is 0 Å². The van der Waals surface area contributed by atoms with Gasteiger partial charge in [0, 0.05) is 22.9 Å². The van der Waals surface area contributed by atoms with Gasteiger partial charge in [-0.15, -0.1) is 11.3 Å². The number of hydrogen-bond acceptors (Lipinski definition) is 3. The number of aryl methyl sites for hydroxylation is 1. The van der Waals surface area contributed by atoms with E-state index < -0.39 is 0 Å². The highest BCUT2D eigenvalue weighted by molar-refractivity contribution is 7.11. The molecule has 4 heteroatoms. The summed E-state index contributed by atoms with van der Waals surface area (Å²) >= 11 is 1.78. The Morgan fingerprint density at radius 1 is 1.45 bits per heavy atom. The van der Waals surface area contributed by atoms with Crippen LogP contribution in [0.25, 0.3) is 0 Å². The summed E-state index contributed by atoms with van der Waals surface area (Å²) in [5.74, 6) is 0.184. The van der Waals surface area contributed by atoms with Gasteiger partial charge in [-0.2, -0.15) is 0 Å². The number of nitrogens with zero attached hydrogens (tertiary/aromatic N) is 1. The summed E-state index contributed by atoms with van der Waals surface area (Å²) < 4.78 is 5.66. The zero-order valence-corrected chi connectivity index (χ0v) is 13.4. The average Bonchev–Trinajstić information content (AvgIpc) is 2.89. The SMILES string of the molecule is CCCCN(Cc1ccc(C)s1)C(=O)[C@H]1CCCCO1. The first-order valence-corrected chi connectivity index (χ1v) is 8.48. The number of amides is 1. The monoisotopic (exact) mass is 295 g/mol. The molecule has 0 saturated carbocycles. The van der Waals surface area contributed by atoms with E-state index in [0.29, 0.717) is 0 Å². The summed E-state index contributed by atoms with van der Waals surface area (Å²) in [6, 6.07) is 4.26. The van der Waals surface area contributed by atoms with Crippen molar-refractivity contribution >= 4 is 17.2 Å². The van der Waals surface area contributed by atoms with Crippen molar-refractivity contribution < 1.29 is 9.53 Å². The highest BCUT2D eigenvalue weighted by Crippen LogP contribution is 2.20. The normalized spacial score (nSPS) is 19.0. The lowest BCUT2D eigenvalue weighted by molar-refractivity contribution is -0.147. The molecule has 0 N–H and O–H groups in total. The smallest absolute Gasteiger partial charge is 0.252 e. The molecule has 0 aliphatic carbocycles. The summed E-state index contributed by atoms with van der Waals surface area (Å²) in [7, 11) is 0. The van der Waals surface area contributed by atoms with Gasteiger partial charge < -0.3 is 9.64 Å². The van der Waals surface area contributed by atoms with Crippen LogP contribution in [0.15, 0.2) is 12.1 Å². The van der Waals surface area contributed by atoms with Gasteiger partial charge in [0.25, 0.3) is 5.91 Å². The molecule has 1 fully saturated rings. The second-order valence-electron chi connectivity index (χ2n) is 5.48. The number of carbonyl (C=O) groups is 1. The first-order valence-electron chi connectivity index (χ1n) is 7.66. The van der Waals surface area contributed by atoms with Gasteiger partial charge in [-0.1, -0.05) is 13.3 Å². The Kier molecular flexibility index (Phi) is 6.05. The van der Waals surface area contributed by atoms with Crippen molar-refractivity contribution in [1.82, 2.24) is 4.90 Å². The third-order valence-corrected chi connectivity index (χ3v) is 4.68. The van der Waals surface area contributed by atoms with Crippen LogP contribution in [0.5, 0.6) is 0 Å². The minimum Gasteiger partial charge on any atom is -0.368 e. The summed E-state index contributed by atoms with van der Waals surface area (Å²) in [5.41, 5.74) is 0. The molecule has 0 radical (unpaired) electrons. The van der Waals surface area contributed by atoms with Crippen LogP contribution in [0.1, 0.15) is 48.8 Å². The van der Waals surface area contributed by atoms with E-state index >= 15 is 0 Å². The molecule has 0 aromatic carbocycles. The van der Waals surface area contributed by atoms with Gasteiger partial charge in [-0.3, -0.25) is 4.79 Å². The maximum atomic E-state index is 12.6. The molecular weight excluding hydrogens is 270 g/mol. The molecule has 3 nitrogen and oxygen atoms in total. The minimum atomic E-state index is -0.207. The summed E-state index contributed by atoms with van der Waals surface area (Å²) in [6.45, 7) is 6.57. The van der Waals surface area contributed by atoms with Crippen LogP contribution in [0.3, 0.4) is 0 Å². The van der Waals surface area contributed by atoms with Crippen molar-refractivity contribution in [2.45, 2.75) is 58.6 Å². The Bertz CT molecular complexity index is 424. The van der Waals surface area contributed by atoms with Gasteiger partial charge in [0.05, 0.1) is 6.54 Å². The predicted octanol–water partition coefficient (Wildman–Crippen LogP) is 3.75. The molecule has 0 unspecified atom stereocenters. The zero-order valence-electron chi connectivity index (χ0n) is 12.6. The van der Waals surface area contributed by atoms with Gasteiger partial charge in [-0.05, 0) is 44.7 Å². The van der Waals surface area contributed by atoms with Crippen molar-refractivity contribution in [2.24, 2.45) is 0 Å². The van der Waals surface area contributed by atoms with Gasteiger partial charge in [0.15, 0.2) is 0 Å². The second kappa shape index (κ2) is 7.79. The van der Waals surface area contributed by atoms with E-state index in [2.05, 4.69) is 26.0 Å². The molecule has 0 spiro atoms. The Labute approximate surface area is 125 Å². The van der Waals surface area contributed by atoms with Crippen LogP contribution in [-0.2, 0) is 16.1 Å². The van der Waals surface area contributed by atoms with Crippen LogP contribution in [-0.4, -0.2) is 30.1 Å². The minimum absolute atomic E-state index is 0.184. The fourth-order valence-electron chi connectivity index (χ4n) is 2.51. The van der Waals surface area contributed by atoms with Crippen LogP contribution in [0.4, 0.5) is 0 Å². The maximum absolute atomic E-state index is 12.6. The molecule has 2 rings (SSSR count). The number of rotatable bonds is 6. The first-order chi connectivity index (χ1) is 9.70. The third kappa shape index (κ3) is 4.32. The van der Waals surface area contributed by atoms with Crippen molar-refractivity contribution in [3.63, 3.8) is 0 Å². The molecule has 1 aromatic heterocycles. The van der Waals surface area contributed by atoms with E-state index in [1.54, 1.807) is 11.3 Å². The second-order valence-corrected chi connectivity index (χ2v) is 6.85. The largest absolute Gasteiger partial charge is 0.368 e. The fourth-order valence-corrected chi connectivity index (χ4v) is 3.42. The average molecular weight is 295 g/mol. The molecule has 1 amide bonds. The standard InChI is InChI=1S/C16H25NO2S/c1-3-4-10-17(12-14-9-8-13(2)20-14)16(18)15-7-5-6-11-19-15/h8-9,15H,3-7,10-12H2,1-2H3/t15-/m1/s1. The summed E-state index contributed by atoms with van der Waals surface area (Å²) in [6.07, 6.45) is 5.03. The molecular formula is C16H25NO2S. The molecule has 1 aromatic rings. The molecule has 1 aliphatic rings. The van der Waals surface area contributed by atoms with Gasteiger partial charge in [-0.25, -0.2) is 0 Å². The van der Waals surface area contributed by atoms with Crippen LogP contribution >= 0.6 is 11.3 Å². The van der Waals surface area contributed by atoms with E-state index in [-0.39, 0.29) is 12.0 Å². The fraction of sp³-hybridized carbons (Fsp3) is 0.688.